The number of benzene rings is 8. The van der Waals surface area contributed by atoms with E-state index in [-0.39, 0.29) is 0 Å². The third kappa shape index (κ3) is 5.53. The van der Waals surface area contributed by atoms with Crippen molar-refractivity contribution in [3.8, 4) is 67.5 Å². The largest absolute Gasteiger partial charge is 0.456 e. The van der Waals surface area contributed by atoms with Crippen molar-refractivity contribution in [2.75, 3.05) is 0 Å². The summed E-state index contributed by atoms with van der Waals surface area (Å²) in [4.78, 5) is 14.9. The third-order valence-electron chi connectivity index (χ3n) is 10.6. The van der Waals surface area contributed by atoms with Crippen LogP contribution in [-0.2, 0) is 0 Å². The standard InChI is InChI=1S/C51H31N3O2/c1-3-11-32(12-4-1)33-19-21-35(22-20-33)50-52-49(34-13-5-2-6-14-34)53-51(54-50)38-23-26-42-44-30-37(25-28-47(44)56-48(42)31-38)40-16-8-7-15-39(40)36-24-27-46-43(29-36)41-17-9-10-18-45(41)55-46/h1-31H. The molecule has 56 heavy (non-hydrogen) atoms. The van der Waals surface area contributed by atoms with Crippen molar-refractivity contribution in [1.82, 2.24) is 15.0 Å². The molecular weight excluding hydrogens is 687 g/mol. The van der Waals surface area contributed by atoms with Crippen molar-refractivity contribution in [2.24, 2.45) is 0 Å². The van der Waals surface area contributed by atoms with Gasteiger partial charge in [-0.3, -0.25) is 0 Å². The predicted molar refractivity (Wildman–Crippen MR) is 227 cm³/mol. The van der Waals surface area contributed by atoms with Crippen molar-refractivity contribution in [3.05, 3.63) is 188 Å². The minimum Gasteiger partial charge on any atom is -0.456 e. The van der Waals surface area contributed by atoms with E-state index in [1.54, 1.807) is 0 Å². The van der Waals surface area contributed by atoms with Gasteiger partial charge in [0, 0.05) is 38.2 Å². The molecule has 11 rings (SSSR count). The topological polar surface area (TPSA) is 65.0 Å². The fraction of sp³-hybridized carbons (Fsp3) is 0. The molecule has 0 fully saturated rings. The van der Waals surface area contributed by atoms with Gasteiger partial charge >= 0.3 is 0 Å². The Hall–Kier alpha value is -7.63. The first-order valence-corrected chi connectivity index (χ1v) is 18.7. The summed E-state index contributed by atoms with van der Waals surface area (Å²) < 4.78 is 12.6. The molecular formula is C51H31N3O2. The van der Waals surface area contributed by atoms with Crippen molar-refractivity contribution in [3.63, 3.8) is 0 Å². The Labute approximate surface area is 322 Å². The van der Waals surface area contributed by atoms with Gasteiger partial charge in [0.05, 0.1) is 0 Å². The molecule has 0 aliphatic heterocycles. The maximum Gasteiger partial charge on any atom is 0.164 e. The first-order chi connectivity index (χ1) is 27.7. The van der Waals surface area contributed by atoms with Gasteiger partial charge in [0.2, 0.25) is 0 Å². The Kier molecular flexibility index (Phi) is 7.42. The zero-order valence-electron chi connectivity index (χ0n) is 30.1. The van der Waals surface area contributed by atoms with Crippen molar-refractivity contribution >= 4 is 43.9 Å². The van der Waals surface area contributed by atoms with Crippen LogP contribution in [0.5, 0.6) is 0 Å². The number of furan rings is 2. The number of nitrogens with zero attached hydrogens (tertiary/aromatic N) is 3. The van der Waals surface area contributed by atoms with E-state index in [0.717, 1.165) is 93.9 Å². The number of aromatic nitrogens is 3. The molecule has 5 heteroatoms. The summed E-state index contributed by atoms with van der Waals surface area (Å²) in [5, 5.41) is 4.31. The molecule has 0 aliphatic carbocycles. The molecule has 8 aromatic carbocycles. The first-order valence-electron chi connectivity index (χ1n) is 18.7. The van der Waals surface area contributed by atoms with Crippen LogP contribution in [0.3, 0.4) is 0 Å². The van der Waals surface area contributed by atoms with Crippen LogP contribution >= 0.6 is 0 Å². The van der Waals surface area contributed by atoms with Gasteiger partial charge in [-0.15, -0.1) is 0 Å². The zero-order chi connectivity index (χ0) is 37.0. The quantitative estimate of drug-likeness (QED) is 0.171. The second-order valence-electron chi connectivity index (χ2n) is 14.0. The van der Waals surface area contributed by atoms with Crippen LogP contribution in [0.4, 0.5) is 0 Å². The van der Waals surface area contributed by atoms with E-state index in [1.165, 1.54) is 0 Å². The second kappa shape index (κ2) is 13.0. The fourth-order valence-corrected chi connectivity index (χ4v) is 7.76. The SMILES string of the molecule is c1ccc(-c2ccc(-c3nc(-c4ccccc4)nc(-c4ccc5c(c4)oc4ccc(-c6ccccc6-c6ccc7oc8ccccc8c7c6)cc45)n3)cc2)cc1. The summed E-state index contributed by atoms with van der Waals surface area (Å²) in [7, 11) is 0. The normalized spacial score (nSPS) is 11.6. The van der Waals surface area contributed by atoms with E-state index in [0.29, 0.717) is 17.5 Å². The molecule has 0 radical (unpaired) electrons. The monoisotopic (exact) mass is 717 g/mol. The fourth-order valence-electron chi connectivity index (χ4n) is 7.76. The molecule has 0 atom stereocenters. The maximum absolute atomic E-state index is 6.50. The summed E-state index contributed by atoms with van der Waals surface area (Å²) in [6.07, 6.45) is 0. The highest BCUT2D eigenvalue weighted by molar-refractivity contribution is 6.09. The van der Waals surface area contributed by atoms with Gasteiger partial charge < -0.3 is 8.83 Å². The predicted octanol–water partition coefficient (Wildman–Crippen LogP) is 13.7. The maximum atomic E-state index is 6.50. The van der Waals surface area contributed by atoms with Crippen LogP contribution in [-0.4, -0.2) is 15.0 Å². The van der Waals surface area contributed by atoms with Gasteiger partial charge in [-0.2, -0.15) is 0 Å². The minimum absolute atomic E-state index is 0.584. The zero-order valence-corrected chi connectivity index (χ0v) is 30.1. The molecule has 3 aromatic heterocycles. The molecule has 0 saturated heterocycles. The number of rotatable bonds is 6. The number of hydrogen-bond acceptors (Lipinski definition) is 5. The van der Waals surface area contributed by atoms with Gasteiger partial charge in [-0.25, -0.2) is 15.0 Å². The molecule has 11 aromatic rings. The lowest BCUT2D eigenvalue weighted by Gasteiger charge is -2.11. The van der Waals surface area contributed by atoms with E-state index < -0.39 is 0 Å². The number of hydrogen-bond donors (Lipinski definition) is 0. The summed E-state index contributed by atoms with van der Waals surface area (Å²) >= 11 is 0. The van der Waals surface area contributed by atoms with Crippen LogP contribution < -0.4 is 0 Å². The summed E-state index contributed by atoms with van der Waals surface area (Å²) in [6, 6.07) is 64.7. The van der Waals surface area contributed by atoms with Gasteiger partial charge in [0.1, 0.15) is 22.3 Å². The molecule has 0 saturated carbocycles. The summed E-state index contributed by atoms with van der Waals surface area (Å²) in [5.41, 5.74) is 12.9. The average Bonchev–Trinajstić information content (AvgIpc) is 3.84. The van der Waals surface area contributed by atoms with Crippen LogP contribution in [0.1, 0.15) is 0 Å². The minimum atomic E-state index is 0.584. The highest BCUT2D eigenvalue weighted by Gasteiger charge is 2.17. The van der Waals surface area contributed by atoms with Gasteiger partial charge in [-0.1, -0.05) is 146 Å². The van der Waals surface area contributed by atoms with Crippen molar-refractivity contribution in [2.45, 2.75) is 0 Å². The molecule has 5 nitrogen and oxygen atoms in total. The molecule has 0 spiro atoms. The Morgan fingerprint density at radius 3 is 1.30 bits per heavy atom. The number of para-hydroxylation sites is 1. The molecule has 0 amide bonds. The lowest BCUT2D eigenvalue weighted by molar-refractivity contribution is 0.668. The van der Waals surface area contributed by atoms with E-state index >= 15 is 0 Å². The Morgan fingerprint density at radius 1 is 0.250 bits per heavy atom. The number of fused-ring (bicyclic) bond motifs is 6. The molecule has 0 bridgehead atoms. The van der Waals surface area contributed by atoms with Crippen LogP contribution in [0.2, 0.25) is 0 Å². The summed E-state index contributed by atoms with van der Waals surface area (Å²) in [6.45, 7) is 0. The smallest absolute Gasteiger partial charge is 0.164 e. The molecule has 0 N–H and O–H groups in total. The van der Waals surface area contributed by atoms with Gasteiger partial charge in [0.15, 0.2) is 17.5 Å². The highest BCUT2D eigenvalue weighted by Crippen LogP contribution is 2.40. The summed E-state index contributed by atoms with van der Waals surface area (Å²) in [5.74, 6) is 1.81. The Bertz CT molecular complexity index is 3240. The molecule has 0 unspecified atom stereocenters. The average molecular weight is 718 g/mol. The Balaban J connectivity index is 0.984. The van der Waals surface area contributed by atoms with Crippen LogP contribution in [0, 0.1) is 0 Å². The van der Waals surface area contributed by atoms with E-state index in [9.17, 15) is 0 Å². The van der Waals surface area contributed by atoms with Crippen molar-refractivity contribution in [1.29, 1.82) is 0 Å². The van der Waals surface area contributed by atoms with E-state index in [1.807, 2.05) is 54.6 Å². The lowest BCUT2D eigenvalue weighted by atomic mass is 9.93. The highest BCUT2D eigenvalue weighted by atomic mass is 16.3. The van der Waals surface area contributed by atoms with Gasteiger partial charge in [0.25, 0.3) is 0 Å². The molecule has 262 valence electrons. The van der Waals surface area contributed by atoms with E-state index in [4.69, 9.17) is 23.8 Å². The molecule has 3 heterocycles. The first kappa shape index (κ1) is 31.9. The van der Waals surface area contributed by atoms with Gasteiger partial charge in [-0.05, 0) is 75.8 Å². The third-order valence-corrected chi connectivity index (χ3v) is 10.6. The van der Waals surface area contributed by atoms with Crippen LogP contribution in [0.25, 0.3) is 111 Å². The second-order valence-corrected chi connectivity index (χ2v) is 14.0. The Morgan fingerprint density at radius 2 is 0.661 bits per heavy atom. The lowest BCUT2D eigenvalue weighted by Crippen LogP contribution is -2.00. The molecule has 0 aliphatic rings. The van der Waals surface area contributed by atoms with E-state index in [2.05, 4.69) is 133 Å². The van der Waals surface area contributed by atoms with Crippen molar-refractivity contribution < 1.29 is 8.83 Å². The van der Waals surface area contributed by atoms with Crippen LogP contribution in [0.15, 0.2) is 197 Å².